The predicted octanol–water partition coefficient (Wildman–Crippen LogP) is 1.93. The largest absolute Gasteiger partial charge is 0.251 e. The first-order valence-corrected chi connectivity index (χ1v) is 4.75. The molecule has 3 aromatic rings. The Morgan fingerprint density at radius 1 is 1.19 bits per heavy atom. The lowest BCUT2D eigenvalue weighted by atomic mass is 10.2. The van der Waals surface area contributed by atoms with E-state index in [9.17, 15) is 4.39 Å². The van der Waals surface area contributed by atoms with Crippen LogP contribution in [0.4, 0.5) is 4.39 Å². The van der Waals surface area contributed by atoms with E-state index >= 15 is 0 Å². The van der Waals surface area contributed by atoms with Crippen LogP contribution in [0.15, 0.2) is 42.9 Å². The molecule has 0 saturated heterocycles. The van der Waals surface area contributed by atoms with Crippen molar-refractivity contribution in [1.82, 2.24) is 19.6 Å². The number of aromatic nitrogens is 4. The molecule has 0 fully saturated rings. The number of fused-ring (bicyclic) bond motifs is 1. The van der Waals surface area contributed by atoms with Crippen molar-refractivity contribution in [3.05, 3.63) is 48.7 Å². The van der Waals surface area contributed by atoms with E-state index in [1.165, 1.54) is 12.1 Å². The lowest BCUT2D eigenvalue weighted by molar-refractivity contribution is 0.628. The smallest absolute Gasteiger partial charge is 0.218 e. The van der Waals surface area contributed by atoms with Crippen molar-refractivity contribution in [3.8, 4) is 11.3 Å². The number of halogens is 1. The highest BCUT2D eigenvalue weighted by Gasteiger charge is 2.05. The van der Waals surface area contributed by atoms with E-state index < -0.39 is 0 Å². The quantitative estimate of drug-likeness (QED) is 0.621. The molecule has 0 aliphatic heterocycles. The Morgan fingerprint density at radius 2 is 2.12 bits per heavy atom. The van der Waals surface area contributed by atoms with Gasteiger partial charge in [0.2, 0.25) is 0 Å². The SMILES string of the molecule is Fc1cccc(-c2cn3nccnc3n2)c1. The summed E-state index contributed by atoms with van der Waals surface area (Å²) >= 11 is 0. The maximum Gasteiger partial charge on any atom is 0.251 e. The monoisotopic (exact) mass is 214 g/mol. The highest BCUT2D eigenvalue weighted by Crippen LogP contribution is 2.18. The topological polar surface area (TPSA) is 43.1 Å². The van der Waals surface area contributed by atoms with Gasteiger partial charge in [-0.05, 0) is 12.1 Å². The van der Waals surface area contributed by atoms with Crippen LogP contribution in [-0.2, 0) is 0 Å². The van der Waals surface area contributed by atoms with Gasteiger partial charge in [0, 0.05) is 5.56 Å². The van der Waals surface area contributed by atoms with E-state index in [4.69, 9.17) is 0 Å². The second kappa shape index (κ2) is 3.37. The summed E-state index contributed by atoms with van der Waals surface area (Å²) in [5.74, 6) is 0.220. The number of hydrogen-bond donors (Lipinski definition) is 0. The van der Waals surface area contributed by atoms with E-state index in [0.717, 1.165) is 0 Å². The number of imidazole rings is 1. The molecular formula is C11H7FN4. The minimum absolute atomic E-state index is 0.282. The molecule has 0 aliphatic carbocycles. The minimum Gasteiger partial charge on any atom is -0.218 e. The van der Waals surface area contributed by atoms with Crippen molar-refractivity contribution in [1.29, 1.82) is 0 Å². The molecule has 0 bridgehead atoms. The normalized spacial score (nSPS) is 10.8. The summed E-state index contributed by atoms with van der Waals surface area (Å²) in [6.45, 7) is 0. The van der Waals surface area contributed by atoms with Gasteiger partial charge >= 0.3 is 0 Å². The van der Waals surface area contributed by atoms with E-state index in [-0.39, 0.29) is 5.82 Å². The Bertz CT molecular complexity index is 614. The van der Waals surface area contributed by atoms with Crippen molar-refractivity contribution in [2.75, 3.05) is 0 Å². The zero-order chi connectivity index (χ0) is 11.0. The number of nitrogens with zero attached hydrogens (tertiary/aromatic N) is 4. The average Bonchev–Trinajstić information content (AvgIpc) is 2.72. The molecule has 3 rings (SSSR count). The fourth-order valence-corrected chi connectivity index (χ4v) is 1.52. The highest BCUT2D eigenvalue weighted by atomic mass is 19.1. The van der Waals surface area contributed by atoms with Gasteiger partial charge in [-0.2, -0.15) is 5.10 Å². The zero-order valence-electron chi connectivity index (χ0n) is 8.21. The van der Waals surface area contributed by atoms with Crippen LogP contribution >= 0.6 is 0 Å². The number of hydrogen-bond acceptors (Lipinski definition) is 3. The van der Waals surface area contributed by atoms with Crippen LogP contribution in [0.5, 0.6) is 0 Å². The Morgan fingerprint density at radius 3 is 2.94 bits per heavy atom. The van der Waals surface area contributed by atoms with Crippen LogP contribution in [0.2, 0.25) is 0 Å². The maximum atomic E-state index is 13.0. The molecule has 16 heavy (non-hydrogen) atoms. The molecule has 0 atom stereocenters. The number of rotatable bonds is 1. The van der Waals surface area contributed by atoms with Crippen molar-refractivity contribution in [3.63, 3.8) is 0 Å². The van der Waals surface area contributed by atoms with Crippen molar-refractivity contribution in [2.45, 2.75) is 0 Å². The van der Waals surface area contributed by atoms with Gasteiger partial charge in [-0.1, -0.05) is 12.1 Å². The van der Waals surface area contributed by atoms with Gasteiger partial charge < -0.3 is 0 Å². The summed E-state index contributed by atoms with van der Waals surface area (Å²) in [6, 6.07) is 6.28. The van der Waals surface area contributed by atoms with Crippen LogP contribution < -0.4 is 0 Å². The van der Waals surface area contributed by atoms with Crippen LogP contribution in [0.3, 0.4) is 0 Å². The minimum atomic E-state index is -0.282. The number of benzene rings is 1. The summed E-state index contributed by atoms with van der Waals surface area (Å²) in [6.07, 6.45) is 4.86. The molecule has 2 heterocycles. The molecule has 0 saturated carbocycles. The van der Waals surface area contributed by atoms with Crippen molar-refractivity contribution in [2.24, 2.45) is 0 Å². The second-order valence-electron chi connectivity index (χ2n) is 3.32. The first kappa shape index (κ1) is 8.96. The highest BCUT2D eigenvalue weighted by molar-refractivity contribution is 5.60. The summed E-state index contributed by atoms with van der Waals surface area (Å²) in [5, 5.41) is 4.05. The standard InChI is InChI=1S/C11H7FN4/c12-9-3-1-2-8(6-9)10-7-16-11(15-10)13-4-5-14-16/h1-7H. The lowest BCUT2D eigenvalue weighted by Gasteiger charge is -1.94. The summed E-state index contributed by atoms with van der Waals surface area (Å²) < 4.78 is 14.6. The third-order valence-corrected chi connectivity index (χ3v) is 2.24. The first-order chi connectivity index (χ1) is 7.83. The second-order valence-corrected chi connectivity index (χ2v) is 3.32. The fraction of sp³-hybridized carbons (Fsp3) is 0. The molecule has 78 valence electrons. The third-order valence-electron chi connectivity index (χ3n) is 2.24. The summed E-state index contributed by atoms with van der Waals surface area (Å²) in [7, 11) is 0. The molecule has 2 aromatic heterocycles. The Hall–Kier alpha value is -2.30. The average molecular weight is 214 g/mol. The van der Waals surface area contributed by atoms with Gasteiger partial charge in [0.05, 0.1) is 24.3 Å². The van der Waals surface area contributed by atoms with Gasteiger partial charge in [0.15, 0.2) is 0 Å². The molecule has 0 aliphatic rings. The summed E-state index contributed by atoms with van der Waals surface area (Å²) in [5.41, 5.74) is 1.37. The molecule has 1 aromatic carbocycles. The maximum absolute atomic E-state index is 13.0. The van der Waals surface area contributed by atoms with Crippen molar-refractivity contribution < 1.29 is 4.39 Å². The Kier molecular flexibility index (Phi) is 1.89. The molecule has 5 heteroatoms. The van der Waals surface area contributed by atoms with Gasteiger partial charge in [-0.3, -0.25) is 0 Å². The van der Waals surface area contributed by atoms with Crippen LogP contribution in [-0.4, -0.2) is 19.6 Å². The molecule has 0 unspecified atom stereocenters. The van der Waals surface area contributed by atoms with E-state index in [0.29, 0.717) is 17.0 Å². The third kappa shape index (κ3) is 1.42. The Labute approximate surface area is 90.4 Å². The molecule has 0 radical (unpaired) electrons. The Balaban J connectivity index is 2.19. The van der Waals surface area contributed by atoms with E-state index in [1.807, 2.05) is 0 Å². The van der Waals surface area contributed by atoms with Gasteiger partial charge in [-0.25, -0.2) is 18.9 Å². The molecular weight excluding hydrogens is 207 g/mol. The predicted molar refractivity (Wildman–Crippen MR) is 56.2 cm³/mol. The summed E-state index contributed by atoms with van der Waals surface area (Å²) in [4.78, 5) is 8.29. The van der Waals surface area contributed by atoms with Gasteiger partial charge in [0.25, 0.3) is 5.78 Å². The van der Waals surface area contributed by atoms with Gasteiger partial charge in [-0.15, -0.1) is 0 Å². The zero-order valence-corrected chi connectivity index (χ0v) is 8.21. The first-order valence-electron chi connectivity index (χ1n) is 4.75. The van der Waals surface area contributed by atoms with Crippen molar-refractivity contribution >= 4 is 5.78 Å². The molecule has 0 N–H and O–H groups in total. The van der Waals surface area contributed by atoms with Crippen LogP contribution in [0, 0.1) is 5.82 Å². The van der Waals surface area contributed by atoms with Gasteiger partial charge in [0.1, 0.15) is 5.82 Å². The molecule has 0 amide bonds. The lowest BCUT2D eigenvalue weighted by Crippen LogP contribution is -1.89. The molecule has 4 nitrogen and oxygen atoms in total. The van der Waals surface area contributed by atoms with E-state index in [2.05, 4.69) is 15.1 Å². The fourth-order valence-electron chi connectivity index (χ4n) is 1.52. The molecule has 0 spiro atoms. The van der Waals surface area contributed by atoms with E-state index in [1.54, 1.807) is 35.2 Å². The van der Waals surface area contributed by atoms with Crippen LogP contribution in [0.1, 0.15) is 0 Å². The van der Waals surface area contributed by atoms with Crippen LogP contribution in [0.25, 0.3) is 17.0 Å².